The maximum atomic E-state index is 12.4. The van der Waals surface area contributed by atoms with E-state index in [1.807, 2.05) is 36.4 Å². The highest BCUT2D eigenvalue weighted by Crippen LogP contribution is 2.27. The molecule has 0 N–H and O–H groups in total. The Labute approximate surface area is 149 Å². The molecule has 2 aromatic carbocycles. The molecule has 2 heterocycles. The minimum atomic E-state index is -0.115. The summed E-state index contributed by atoms with van der Waals surface area (Å²) < 4.78 is 16.8. The zero-order chi connectivity index (χ0) is 17.9. The summed E-state index contributed by atoms with van der Waals surface area (Å²) in [6, 6.07) is 17.6. The van der Waals surface area contributed by atoms with Crippen molar-refractivity contribution in [3.8, 4) is 28.6 Å². The standard InChI is InChI=1S/C21H15NO4/c1-24-16-8-9-20-18(11-16)19(23)12-21(26-20)14-4-6-15(7-5-14)25-17-3-2-10-22-13-17/h2-13H,1H3. The highest BCUT2D eigenvalue weighted by atomic mass is 16.5. The third-order valence-corrected chi connectivity index (χ3v) is 3.94. The van der Waals surface area contributed by atoms with Crippen LogP contribution >= 0.6 is 0 Å². The molecular weight excluding hydrogens is 330 g/mol. The Morgan fingerprint density at radius 2 is 1.73 bits per heavy atom. The molecule has 0 saturated heterocycles. The summed E-state index contributed by atoms with van der Waals surface area (Å²) >= 11 is 0. The molecule has 0 aliphatic carbocycles. The molecule has 128 valence electrons. The topological polar surface area (TPSA) is 61.6 Å². The third-order valence-electron chi connectivity index (χ3n) is 3.94. The summed E-state index contributed by atoms with van der Waals surface area (Å²) in [7, 11) is 1.56. The second kappa shape index (κ2) is 6.72. The zero-order valence-corrected chi connectivity index (χ0v) is 14.0. The van der Waals surface area contributed by atoms with Crippen LogP contribution in [0.4, 0.5) is 0 Å². The van der Waals surface area contributed by atoms with E-state index >= 15 is 0 Å². The lowest BCUT2D eigenvalue weighted by molar-refractivity contribution is 0.415. The molecule has 0 spiro atoms. The molecule has 0 unspecified atom stereocenters. The van der Waals surface area contributed by atoms with E-state index in [1.54, 1.807) is 37.7 Å². The average Bonchev–Trinajstić information content (AvgIpc) is 2.69. The Morgan fingerprint density at radius 1 is 0.923 bits per heavy atom. The van der Waals surface area contributed by atoms with E-state index in [9.17, 15) is 4.79 Å². The van der Waals surface area contributed by atoms with Gasteiger partial charge in [0, 0.05) is 17.8 Å². The third kappa shape index (κ3) is 3.15. The zero-order valence-electron chi connectivity index (χ0n) is 14.0. The van der Waals surface area contributed by atoms with Gasteiger partial charge in [-0.05, 0) is 54.6 Å². The van der Waals surface area contributed by atoms with Crippen LogP contribution in [0.1, 0.15) is 0 Å². The summed E-state index contributed by atoms with van der Waals surface area (Å²) in [5, 5.41) is 0.490. The fourth-order valence-corrected chi connectivity index (χ4v) is 2.64. The molecule has 4 aromatic rings. The van der Waals surface area contributed by atoms with Crippen LogP contribution < -0.4 is 14.9 Å². The van der Waals surface area contributed by atoms with Crippen molar-refractivity contribution in [2.45, 2.75) is 0 Å². The molecule has 26 heavy (non-hydrogen) atoms. The van der Waals surface area contributed by atoms with Crippen LogP contribution in [-0.4, -0.2) is 12.1 Å². The molecule has 5 heteroatoms. The van der Waals surface area contributed by atoms with Gasteiger partial charge in [-0.1, -0.05) is 0 Å². The fraction of sp³-hybridized carbons (Fsp3) is 0.0476. The second-order valence-electron chi connectivity index (χ2n) is 5.65. The lowest BCUT2D eigenvalue weighted by Crippen LogP contribution is -2.00. The van der Waals surface area contributed by atoms with Gasteiger partial charge in [-0.3, -0.25) is 9.78 Å². The summed E-state index contributed by atoms with van der Waals surface area (Å²) in [6.45, 7) is 0. The van der Waals surface area contributed by atoms with Gasteiger partial charge in [-0.15, -0.1) is 0 Å². The van der Waals surface area contributed by atoms with E-state index in [1.165, 1.54) is 6.07 Å². The van der Waals surface area contributed by atoms with Crippen LogP contribution in [0.5, 0.6) is 17.2 Å². The van der Waals surface area contributed by atoms with Crippen molar-refractivity contribution < 1.29 is 13.9 Å². The van der Waals surface area contributed by atoms with Crippen LogP contribution in [0.25, 0.3) is 22.3 Å². The molecule has 0 radical (unpaired) electrons. The monoisotopic (exact) mass is 345 g/mol. The Balaban J connectivity index is 1.66. The van der Waals surface area contributed by atoms with Gasteiger partial charge in [0.05, 0.1) is 18.7 Å². The van der Waals surface area contributed by atoms with Crippen molar-refractivity contribution in [1.29, 1.82) is 0 Å². The summed E-state index contributed by atoms with van der Waals surface area (Å²) in [5.74, 6) is 2.45. The number of nitrogens with zero attached hydrogens (tertiary/aromatic N) is 1. The molecule has 0 fully saturated rings. The minimum Gasteiger partial charge on any atom is -0.497 e. The molecule has 5 nitrogen and oxygen atoms in total. The lowest BCUT2D eigenvalue weighted by Gasteiger charge is -2.07. The van der Waals surface area contributed by atoms with Gasteiger partial charge in [-0.2, -0.15) is 0 Å². The Bertz CT molecular complexity index is 1100. The highest BCUT2D eigenvalue weighted by Gasteiger charge is 2.08. The number of rotatable bonds is 4. The Hall–Kier alpha value is -3.60. The average molecular weight is 345 g/mol. The molecule has 2 aromatic heterocycles. The number of benzene rings is 2. The highest BCUT2D eigenvalue weighted by molar-refractivity contribution is 5.80. The van der Waals surface area contributed by atoms with E-state index in [4.69, 9.17) is 13.9 Å². The van der Waals surface area contributed by atoms with Gasteiger partial charge in [-0.25, -0.2) is 0 Å². The predicted octanol–water partition coefficient (Wildman–Crippen LogP) is 4.66. The first-order valence-electron chi connectivity index (χ1n) is 8.03. The first-order valence-corrected chi connectivity index (χ1v) is 8.03. The largest absolute Gasteiger partial charge is 0.497 e. The van der Waals surface area contributed by atoms with E-state index < -0.39 is 0 Å². The number of fused-ring (bicyclic) bond motifs is 1. The molecule has 0 saturated carbocycles. The smallest absolute Gasteiger partial charge is 0.193 e. The summed E-state index contributed by atoms with van der Waals surface area (Å²) in [6.07, 6.45) is 3.33. The van der Waals surface area contributed by atoms with Crippen molar-refractivity contribution in [2.75, 3.05) is 7.11 Å². The molecule has 0 atom stereocenters. The molecule has 0 aliphatic heterocycles. The van der Waals surface area contributed by atoms with E-state index in [-0.39, 0.29) is 5.43 Å². The normalized spacial score (nSPS) is 10.7. The van der Waals surface area contributed by atoms with Crippen molar-refractivity contribution >= 4 is 11.0 Å². The number of hydrogen-bond acceptors (Lipinski definition) is 5. The summed E-state index contributed by atoms with van der Waals surface area (Å²) in [4.78, 5) is 16.4. The Morgan fingerprint density at radius 3 is 2.46 bits per heavy atom. The van der Waals surface area contributed by atoms with E-state index in [2.05, 4.69) is 4.98 Å². The van der Waals surface area contributed by atoms with Gasteiger partial charge in [0.2, 0.25) is 0 Å². The van der Waals surface area contributed by atoms with Gasteiger partial charge in [0.25, 0.3) is 0 Å². The predicted molar refractivity (Wildman–Crippen MR) is 98.8 cm³/mol. The number of ether oxygens (including phenoxy) is 2. The number of hydrogen-bond donors (Lipinski definition) is 0. The first kappa shape index (κ1) is 15.9. The van der Waals surface area contributed by atoms with Crippen molar-refractivity contribution in [3.63, 3.8) is 0 Å². The van der Waals surface area contributed by atoms with E-state index in [0.717, 1.165) is 5.56 Å². The van der Waals surface area contributed by atoms with Crippen LogP contribution in [0, 0.1) is 0 Å². The fourth-order valence-electron chi connectivity index (χ4n) is 2.64. The van der Waals surface area contributed by atoms with Crippen molar-refractivity contribution in [3.05, 3.63) is 83.3 Å². The molecule has 0 amide bonds. The van der Waals surface area contributed by atoms with Gasteiger partial charge < -0.3 is 13.9 Å². The van der Waals surface area contributed by atoms with Gasteiger partial charge >= 0.3 is 0 Å². The quantitative estimate of drug-likeness (QED) is 0.538. The molecule has 4 rings (SSSR count). The number of methoxy groups -OCH3 is 1. The van der Waals surface area contributed by atoms with Crippen LogP contribution in [-0.2, 0) is 0 Å². The first-order chi connectivity index (χ1) is 12.7. The summed E-state index contributed by atoms with van der Waals surface area (Å²) in [5.41, 5.74) is 1.19. The second-order valence-corrected chi connectivity index (χ2v) is 5.65. The lowest BCUT2D eigenvalue weighted by atomic mass is 10.1. The van der Waals surface area contributed by atoms with Gasteiger partial charge in [0.1, 0.15) is 28.6 Å². The molecular formula is C21H15NO4. The maximum Gasteiger partial charge on any atom is 0.193 e. The number of aromatic nitrogens is 1. The molecule has 0 bridgehead atoms. The van der Waals surface area contributed by atoms with E-state index in [0.29, 0.717) is 34.0 Å². The maximum absolute atomic E-state index is 12.4. The van der Waals surface area contributed by atoms with Crippen molar-refractivity contribution in [2.24, 2.45) is 0 Å². The SMILES string of the molecule is COc1ccc2oc(-c3ccc(Oc4cccnc4)cc3)cc(=O)c2c1. The van der Waals surface area contributed by atoms with Crippen molar-refractivity contribution in [1.82, 2.24) is 4.98 Å². The van der Waals surface area contributed by atoms with Crippen LogP contribution in [0.15, 0.2) is 82.3 Å². The Kier molecular flexibility index (Phi) is 4.11. The number of pyridine rings is 1. The van der Waals surface area contributed by atoms with Gasteiger partial charge in [0.15, 0.2) is 5.43 Å². The molecule has 0 aliphatic rings. The minimum absolute atomic E-state index is 0.115. The van der Waals surface area contributed by atoms with Crippen LogP contribution in [0.3, 0.4) is 0 Å². The van der Waals surface area contributed by atoms with Crippen LogP contribution in [0.2, 0.25) is 0 Å².